The van der Waals surface area contributed by atoms with Crippen molar-refractivity contribution in [2.75, 3.05) is 5.32 Å². The standard InChI is InChI=1S/C22H20N4O2S/c1-15-8-10-16(11-9-15)17-12-13-21(28)26(25-17)14-4-7-20(27)24-22-23-18-5-2-3-6-19(18)29-22/h2-3,5-6,8-13H,4,7,14H2,1H3,(H,23,24,27). The summed E-state index contributed by atoms with van der Waals surface area (Å²) in [5.41, 5.74) is 3.56. The van der Waals surface area contributed by atoms with Crippen molar-refractivity contribution in [3.05, 3.63) is 76.6 Å². The first-order valence-corrected chi connectivity index (χ1v) is 10.2. The van der Waals surface area contributed by atoms with Gasteiger partial charge in [-0.05, 0) is 31.5 Å². The summed E-state index contributed by atoms with van der Waals surface area (Å²) in [4.78, 5) is 28.8. The lowest BCUT2D eigenvalue weighted by Crippen LogP contribution is -2.23. The molecule has 0 aliphatic rings. The van der Waals surface area contributed by atoms with Crippen molar-refractivity contribution in [2.45, 2.75) is 26.3 Å². The lowest BCUT2D eigenvalue weighted by molar-refractivity contribution is -0.116. The minimum atomic E-state index is -0.174. The van der Waals surface area contributed by atoms with Gasteiger partial charge < -0.3 is 5.32 Å². The number of rotatable bonds is 6. The van der Waals surface area contributed by atoms with Crippen LogP contribution in [0, 0.1) is 6.92 Å². The number of carbonyl (C=O) groups excluding carboxylic acids is 1. The van der Waals surface area contributed by atoms with Crippen LogP contribution in [0.1, 0.15) is 18.4 Å². The van der Waals surface area contributed by atoms with Crippen LogP contribution in [0.2, 0.25) is 0 Å². The quantitative estimate of drug-likeness (QED) is 0.521. The zero-order valence-corrected chi connectivity index (χ0v) is 16.8. The summed E-state index contributed by atoms with van der Waals surface area (Å²) in [6.45, 7) is 2.41. The monoisotopic (exact) mass is 404 g/mol. The highest BCUT2D eigenvalue weighted by Crippen LogP contribution is 2.25. The number of benzene rings is 2. The minimum Gasteiger partial charge on any atom is -0.302 e. The molecule has 2 aromatic carbocycles. The summed E-state index contributed by atoms with van der Waals surface area (Å²) < 4.78 is 2.45. The zero-order chi connectivity index (χ0) is 20.2. The Morgan fingerprint density at radius 1 is 1.07 bits per heavy atom. The van der Waals surface area contributed by atoms with Gasteiger partial charge in [-0.1, -0.05) is 53.3 Å². The summed E-state index contributed by atoms with van der Waals surface area (Å²) in [5.74, 6) is -0.119. The number of aromatic nitrogens is 3. The third-order valence-electron chi connectivity index (χ3n) is 4.53. The number of amides is 1. The zero-order valence-electron chi connectivity index (χ0n) is 16.0. The van der Waals surface area contributed by atoms with E-state index in [2.05, 4.69) is 15.4 Å². The van der Waals surface area contributed by atoms with E-state index in [0.29, 0.717) is 24.5 Å². The fraction of sp³-hybridized carbons (Fsp3) is 0.182. The van der Waals surface area contributed by atoms with E-state index in [0.717, 1.165) is 21.5 Å². The second-order valence-corrected chi connectivity index (χ2v) is 7.82. The minimum absolute atomic E-state index is 0.119. The number of thiazole rings is 1. The predicted octanol–water partition coefficient (Wildman–Crippen LogP) is 4.25. The lowest BCUT2D eigenvalue weighted by atomic mass is 10.1. The van der Waals surface area contributed by atoms with E-state index in [9.17, 15) is 9.59 Å². The van der Waals surface area contributed by atoms with Crippen molar-refractivity contribution in [3.8, 4) is 11.3 Å². The molecule has 4 aromatic rings. The first-order valence-electron chi connectivity index (χ1n) is 9.39. The molecule has 0 radical (unpaired) electrons. The SMILES string of the molecule is Cc1ccc(-c2ccc(=O)n(CCCC(=O)Nc3nc4ccccc4s3)n2)cc1. The average molecular weight is 404 g/mol. The molecule has 29 heavy (non-hydrogen) atoms. The maximum Gasteiger partial charge on any atom is 0.266 e. The van der Waals surface area contributed by atoms with E-state index in [1.165, 1.54) is 27.6 Å². The van der Waals surface area contributed by atoms with Gasteiger partial charge in [0.1, 0.15) is 0 Å². The van der Waals surface area contributed by atoms with E-state index < -0.39 is 0 Å². The number of para-hydroxylation sites is 1. The van der Waals surface area contributed by atoms with Gasteiger partial charge in [-0.25, -0.2) is 9.67 Å². The van der Waals surface area contributed by atoms with Crippen LogP contribution < -0.4 is 10.9 Å². The molecule has 0 saturated carbocycles. The fourth-order valence-electron chi connectivity index (χ4n) is 2.98. The number of nitrogens with zero attached hydrogens (tertiary/aromatic N) is 3. The Morgan fingerprint density at radius 2 is 1.86 bits per heavy atom. The lowest BCUT2D eigenvalue weighted by Gasteiger charge is -2.07. The Bertz CT molecular complexity index is 1180. The first kappa shape index (κ1) is 19.0. The Kier molecular flexibility index (Phi) is 5.48. The van der Waals surface area contributed by atoms with Gasteiger partial charge >= 0.3 is 0 Å². The van der Waals surface area contributed by atoms with Crippen LogP contribution >= 0.6 is 11.3 Å². The van der Waals surface area contributed by atoms with E-state index in [-0.39, 0.29) is 11.5 Å². The van der Waals surface area contributed by atoms with Crippen molar-refractivity contribution >= 4 is 32.6 Å². The van der Waals surface area contributed by atoms with Crippen molar-refractivity contribution in [2.24, 2.45) is 0 Å². The van der Waals surface area contributed by atoms with Crippen molar-refractivity contribution in [1.29, 1.82) is 0 Å². The number of aryl methyl sites for hydroxylation is 2. The number of carbonyl (C=O) groups is 1. The third kappa shape index (κ3) is 4.57. The first-order chi connectivity index (χ1) is 14.1. The van der Waals surface area contributed by atoms with Gasteiger partial charge in [0.25, 0.3) is 5.56 Å². The van der Waals surface area contributed by atoms with E-state index in [1.807, 2.05) is 55.5 Å². The molecule has 0 aliphatic heterocycles. The largest absolute Gasteiger partial charge is 0.302 e. The number of hydrogen-bond acceptors (Lipinski definition) is 5. The Morgan fingerprint density at radius 3 is 2.66 bits per heavy atom. The predicted molar refractivity (Wildman–Crippen MR) is 116 cm³/mol. The van der Waals surface area contributed by atoms with Gasteiger partial charge in [0.15, 0.2) is 5.13 Å². The van der Waals surface area contributed by atoms with Crippen molar-refractivity contribution in [1.82, 2.24) is 14.8 Å². The van der Waals surface area contributed by atoms with Gasteiger partial charge in [0, 0.05) is 24.6 Å². The molecule has 0 fully saturated rings. The van der Waals surface area contributed by atoms with Gasteiger partial charge in [-0.15, -0.1) is 0 Å². The summed E-state index contributed by atoms with van der Waals surface area (Å²) in [6.07, 6.45) is 0.805. The van der Waals surface area contributed by atoms with Crippen LogP contribution in [0.15, 0.2) is 65.5 Å². The smallest absolute Gasteiger partial charge is 0.266 e. The van der Waals surface area contributed by atoms with Crippen LogP contribution in [-0.4, -0.2) is 20.7 Å². The summed E-state index contributed by atoms with van der Waals surface area (Å²) in [5, 5.41) is 7.87. The van der Waals surface area contributed by atoms with Crippen LogP contribution in [0.3, 0.4) is 0 Å². The molecule has 2 aromatic heterocycles. The number of nitrogens with one attached hydrogen (secondary N) is 1. The second-order valence-electron chi connectivity index (χ2n) is 6.78. The molecular weight excluding hydrogens is 384 g/mol. The van der Waals surface area contributed by atoms with Gasteiger partial charge in [-0.2, -0.15) is 5.10 Å². The molecule has 0 spiro atoms. The third-order valence-corrected chi connectivity index (χ3v) is 5.48. The summed E-state index contributed by atoms with van der Waals surface area (Å²) >= 11 is 1.45. The highest BCUT2D eigenvalue weighted by atomic mass is 32.1. The normalized spacial score (nSPS) is 10.9. The fourth-order valence-corrected chi connectivity index (χ4v) is 3.87. The highest BCUT2D eigenvalue weighted by molar-refractivity contribution is 7.22. The molecule has 0 unspecified atom stereocenters. The average Bonchev–Trinajstić information content (AvgIpc) is 3.12. The Hall–Kier alpha value is -3.32. The maximum absolute atomic E-state index is 12.2. The number of anilines is 1. The Labute approximate surface area is 171 Å². The molecule has 4 rings (SSSR count). The molecular formula is C22H20N4O2S. The summed E-state index contributed by atoms with van der Waals surface area (Å²) in [7, 11) is 0. The second kappa shape index (κ2) is 8.36. The van der Waals surface area contributed by atoms with E-state index in [1.54, 1.807) is 6.07 Å². The molecule has 0 aliphatic carbocycles. The van der Waals surface area contributed by atoms with Gasteiger partial charge in [0.05, 0.1) is 15.9 Å². The molecule has 2 heterocycles. The molecule has 0 atom stereocenters. The van der Waals surface area contributed by atoms with Gasteiger partial charge in [0.2, 0.25) is 5.91 Å². The van der Waals surface area contributed by atoms with E-state index in [4.69, 9.17) is 0 Å². The molecule has 0 saturated heterocycles. The van der Waals surface area contributed by atoms with Crippen LogP contribution in [-0.2, 0) is 11.3 Å². The summed E-state index contributed by atoms with van der Waals surface area (Å²) in [6, 6.07) is 19.0. The van der Waals surface area contributed by atoms with E-state index >= 15 is 0 Å². The van der Waals surface area contributed by atoms with Crippen molar-refractivity contribution < 1.29 is 4.79 Å². The number of fused-ring (bicyclic) bond motifs is 1. The molecule has 0 bridgehead atoms. The molecule has 146 valence electrons. The van der Waals surface area contributed by atoms with Gasteiger partial charge in [-0.3, -0.25) is 9.59 Å². The molecule has 1 amide bonds. The number of hydrogen-bond donors (Lipinski definition) is 1. The Balaban J connectivity index is 1.37. The molecule has 7 heteroatoms. The van der Waals surface area contributed by atoms with Crippen LogP contribution in [0.5, 0.6) is 0 Å². The topological polar surface area (TPSA) is 76.9 Å². The van der Waals surface area contributed by atoms with Crippen molar-refractivity contribution in [3.63, 3.8) is 0 Å². The molecule has 6 nitrogen and oxygen atoms in total. The highest BCUT2D eigenvalue weighted by Gasteiger charge is 2.09. The van der Waals surface area contributed by atoms with Crippen LogP contribution in [0.4, 0.5) is 5.13 Å². The maximum atomic E-state index is 12.2. The van der Waals surface area contributed by atoms with Crippen LogP contribution in [0.25, 0.3) is 21.5 Å². The molecule has 1 N–H and O–H groups in total.